The number of hydrogen-bond donors (Lipinski definition) is 1. The zero-order valence-electron chi connectivity index (χ0n) is 9.15. The van der Waals surface area contributed by atoms with Crippen molar-refractivity contribution in [2.24, 2.45) is 5.92 Å². The van der Waals surface area contributed by atoms with Gasteiger partial charge in [0.05, 0.1) is 11.3 Å². The molecule has 1 aliphatic rings. The molecular formula is C12H13F4N. The fourth-order valence-corrected chi connectivity index (χ4v) is 1.79. The van der Waals surface area contributed by atoms with Crippen LogP contribution < -0.4 is 5.32 Å². The van der Waals surface area contributed by atoms with Crippen LogP contribution in [0.15, 0.2) is 18.2 Å². The minimum absolute atomic E-state index is 0.143. The first kappa shape index (κ1) is 12.2. The second kappa shape index (κ2) is 4.55. The van der Waals surface area contributed by atoms with Gasteiger partial charge in [0.2, 0.25) is 0 Å². The molecule has 1 fully saturated rings. The molecule has 0 aliphatic heterocycles. The Bertz CT molecular complexity index is 396. The Morgan fingerprint density at radius 2 is 1.94 bits per heavy atom. The SMILES string of the molecule is Fc1cc(C(F)(F)F)ccc1NCC1CCC1. The number of benzene rings is 1. The van der Waals surface area contributed by atoms with E-state index in [1.807, 2.05) is 0 Å². The molecule has 0 atom stereocenters. The summed E-state index contributed by atoms with van der Waals surface area (Å²) in [6.45, 7) is 0.627. The van der Waals surface area contributed by atoms with Crippen molar-refractivity contribution in [2.45, 2.75) is 25.4 Å². The molecule has 0 amide bonds. The lowest BCUT2D eigenvalue weighted by Crippen LogP contribution is -2.21. The Balaban J connectivity index is 2.03. The summed E-state index contributed by atoms with van der Waals surface area (Å²) in [5.41, 5.74) is -0.811. The molecule has 2 rings (SSSR count). The third-order valence-electron chi connectivity index (χ3n) is 3.10. The van der Waals surface area contributed by atoms with Crippen LogP contribution >= 0.6 is 0 Å². The van der Waals surface area contributed by atoms with E-state index in [4.69, 9.17) is 0 Å². The molecule has 1 aliphatic carbocycles. The molecule has 0 unspecified atom stereocenters. The topological polar surface area (TPSA) is 12.0 Å². The zero-order chi connectivity index (χ0) is 12.5. The lowest BCUT2D eigenvalue weighted by molar-refractivity contribution is -0.137. The number of hydrogen-bond acceptors (Lipinski definition) is 1. The first-order valence-electron chi connectivity index (χ1n) is 5.57. The van der Waals surface area contributed by atoms with Crippen molar-refractivity contribution in [1.29, 1.82) is 0 Å². The molecular weight excluding hydrogens is 234 g/mol. The highest BCUT2D eigenvalue weighted by molar-refractivity contribution is 5.46. The van der Waals surface area contributed by atoms with Crippen LogP contribution in [0.3, 0.4) is 0 Å². The number of nitrogens with one attached hydrogen (secondary N) is 1. The van der Waals surface area contributed by atoms with Gasteiger partial charge in [0, 0.05) is 6.54 Å². The van der Waals surface area contributed by atoms with Crippen LogP contribution in [0.4, 0.5) is 23.2 Å². The lowest BCUT2D eigenvalue weighted by Gasteiger charge is -2.26. The van der Waals surface area contributed by atoms with Crippen molar-refractivity contribution in [2.75, 3.05) is 11.9 Å². The summed E-state index contributed by atoms with van der Waals surface area (Å²) in [6.07, 6.45) is -1.10. The van der Waals surface area contributed by atoms with Gasteiger partial charge in [0.25, 0.3) is 0 Å². The summed E-state index contributed by atoms with van der Waals surface area (Å²) in [4.78, 5) is 0. The van der Waals surface area contributed by atoms with Gasteiger partial charge in [-0.3, -0.25) is 0 Å². The summed E-state index contributed by atoms with van der Waals surface area (Å²) in [7, 11) is 0. The van der Waals surface area contributed by atoms with Gasteiger partial charge in [0.1, 0.15) is 5.82 Å². The fourth-order valence-electron chi connectivity index (χ4n) is 1.79. The summed E-state index contributed by atoms with van der Waals surface area (Å²) >= 11 is 0. The van der Waals surface area contributed by atoms with E-state index < -0.39 is 17.6 Å². The smallest absolute Gasteiger partial charge is 0.382 e. The average molecular weight is 247 g/mol. The molecule has 0 radical (unpaired) electrons. The predicted octanol–water partition coefficient (Wildman–Crippen LogP) is 4.06. The summed E-state index contributed by atoms with van der Waals surface area (Å²) in [6, 6.07) is 2.58. The van der Waals surface area contributed by atoms with E-state index in [0.29, 0.717) is 18.5 Å². The lowest BCUT2D eigenvalue weighted by atomic mass is 9.85. The molecule has 1 aromatic rings. The molecule has 5 heteroatoms. The van der Waals surface area contributed by atoms with E-state index in [2.05, 4.69) is 5.32 Å². The Kier molecular flexibility index (Phi) is 3.26. The van der Waals surface area contributed by atoms with E-state index >= 15 is 0 Å². The summed E-state index contributed by atoms with van der Waals surface area (Å²) in [5.74, 6) is -0.323. The highest BCUT2D eigenvalue weighted by atomic mass is 19.4. The summed E-state index contributed by atoms with van der Waals surface area (Å²) in [5, 5.41) is 2.85. The monoisotopic (exact) mass is 247 g/mol. The molecule has 0 bridgehead atoms. The number of anilines is 1. The van der Waals surface area contributed by atoms with Gasteiger partial charge < -0.3 is 5.32 Å². The van der Waals surface area contributed by atoms with Gasteiger partial charge in [-0.15, -0.1) is 0 Å². The van der Waals surface area contributed by atoms with E-state index in [1.165, 1.54) is 6.42 Å². The first-order valence-corrected chi connectivity index (χ1v) is 5.57. The van der Waals surface area contributed by atoms with Crippen molar-refractivity contribution in [1.82, 2.24) is 0 Å². The van der Waals surface area contributed by atoms with Crippen molar-refractivity contribution >= 4 is 5.69 Å². The molecule has 0 aromatic heterocycles. The van der Waals surface area contributed by atoms with E-state index in [-0.39, 0.29) is 5.69 Å². The van der Waals surface area contributed by atoms with Crippen molar-refractivity contribution in [3.8, 4) is 0 Å². The van der Waals surface area contributed by atoms with Crippen LogP contribution in [0.25, 0.3) is 0 Å². The quantitative estimate of drug-likeness (QED) is 0.794. The Morgan fingerprint density at radius 1 is 1.24 bits per heavy atom. The maximum atomic E-state index is 13.4. The van der Waals surface area contributed by atoms with Crippen molar-refractivity contribution in [3.63, 3.8) is 0 Å². The van der Waals surface area contributed by atoms with Crippen molar-refractivity contribution in [3.05, 3.63) is 29.6 Å². The standard InChI is InChI=1S/C12H13F4N/c13-10-6-9(12(14,15)16)4-5-11(10)17-7-8-2-1-3-8/h4-6,8,17H,1-3,7H2. The minimum atomic E-state index is -4.49. The van der Waals surface area contributed by atoms with E-state index in [0.717, 1.165) is 25.0 Å². The van der Waals surface area contributed by atoms with Gasteiger partial charge in [0.15, 0.2) is 0 Å². The largest absolute Gasteiger partial charge is 0.416 e. The van der Waals surface area contributed by atoms with E-state index in [9.17, 15) is 17.6 Å². The highest BCUT2D eigenvalue weighted by Crippen LogP contribution is 2.32. The molecule has 0 spiro atoms. The summed E-state index contributed by atoms with van der Waals surface area (Å²) < 4.78 is 50.3. The molecule has 0 heterocycles. The maximum Gasteiger partial charge on any atom is 0.416 e. The van der Waals surface area contributed by atoms with Crippen LogP contribution in [0.2, 0.25) is 0 Å². The van der Waals surface area contributed by atoms with Gasteiger partial charge in [-0.25, -0.2) is 4.39 Å². The first-order chi connectivity index (χ1) is 7.97. The average Bonchev–Trinajstić information content (AvgIpc) is 2.16. The Morgan fingerprint density at radius 3 is 2.41 bits per heavy atom. The molecule has 0 saturated heterocycles. The van der Waals surface area contributed by atoms with Gasteiger partial charge in [-0.05, 0) is 37.0 Å². The number of rotatable bonds is 3. The zero-order valence-corrected chi connectivity index (χ0v) is 9.15. The minimum Gasteiger partial charge on any atom is -0.382 e. The Labute approximate surface area is 96.8 Å². The molecule has 1 saturated carbocycles. The molecule has 1 aromatic carbocycles. The third kappa shape index (κ3) is 2.90. The third-order valence-corrected chi connectivity index (χ3v) is 3.10. The normalized spacial score (nSPS) is 16.7. The number of halogens is 4. The van der Waals surface area contributed by atoms with Crippen LogP contribution in [-0.2, 0) is 6.18 Å². The van der Waals surface area contributed by atoms with Crippen LogP contribution in [0.5, 0.6) is 0 Å². The van der Waals surface area contributed by atoms with Crippen LogP contribution in [0, 0.1) is 11.7 Å². The molecule has 1 nitrogen and oxygen atoms in total. The van der Waals surface area contributed by atoms with Crippen molar-refractivity contribution < 1.29 is 17.6 Å². The number of alkyl halides is 3. The van der Waals surface area contributed by atoms with Crippen LogP contribution in [-0.4, -0.2) is 6.54 Å². The maximum absolute atomic E-state index is 13.4. The molecule has 1 N–H and O–H groups in total. The van der Waals surface area contributed by atoms with Gasteiger partial charge in [-0.2, -0.15) is 13.2 Å². The molecule has 94 valence electrons. The highest BCUT2D eigenvalue weighted by Gasteiger charge is 2.31. The molecule has 17 heavy (non-hydrogen) atoms. The second-order valence-corrected chi connectivity index (χ2v) is 4.37. The fraction of sp³-hybridized carbons (Fsp3) is 0.500. The van der Waals surface area contributed by atoms with Gasteiger partial charge >= 0.3 is 6.18 Å². The predicted molar refractivity (Wildman–Crippen MR) is 57.2 cm³/mol. The van der Waals surface area contributed by atoms with E-state index in [1.54, 1.807) is 0 Å². The van der Waals surface area contributed by atoms with Gasteiger partial charge in [-0.1, -0.05) is 6.42 Å². The van der Waals surface area contributed by atoms with Crippen LogP contribution in [0.1, 0.15) is 24.8 Å². The Hall–Kier alpha value is -1.26. The second-order valence-electron chi connectivity index (χ2n) is 4.37.